The van der Waals surface area contributed by atoms with Crippen LogP contribution in [0, 0.1) is 5.92 Å². The van der Waals surface area contributed by atoms with E-state index < -0.39 is 0 Å². The van der Waals surface area contributed by atoms with E-state index in [2.05, 4.69) is 12.0 Å². The highest BCUT2D eigenvalue weighted by Crippen LogP contribution is 2.14. The largest absolute Gasteiger partial charge is 0.394 e. The van der Waals surface area contributed by atoms with Gasteiger partial charge in [-0.25, -0.2) is 4.68 Å². The molecule has 1 aromatic heterocycles. The fraction of sp³-hybridized carbons (Fsp3) is 0.625. The van der Waals surface area contributed by atoms with Gasteiger partial charge in [0.1, 0.15) is 5.82 Å². The normalized spacial score (nSPS) is 13.1. The van der Waals surface area contributed by atoms with Crippen molar-refractivity contribution in [2.75, 3.05) is 25.2 Å². The molecule has 0 fully saturated rings. The molecule has 1 unspecified atom stereocenters. The number of hydrogen-bond acceptors (Lipinski definition) is 4. The summed E-state index contributed by atoms with van der Waals surface area (Å²) >= 11 is 0. The van der Waals surface area contributed by atoms with Crippen LogP contribution in [0.4, 0.5) is 11.5 Å². The lowest BCUT2D eigenvalue weighted by Gasteiger charge is -2.11. The molecule has 1 heterocycles. The van der Waals surface area contributed by atoms with Crippen LogP contribution in [-0.2, 0) is 11.3 Å². The number of nitrogens with two attached hydrogens (primary N) is 2. The zero-order valence-corrected chi connectivity index (χ0v) is 8.03. The monoisotopic (exact) mass is 184 g/mol. The van der Waals surface area contributed by atoms with Crippen molar-refractivity contribution >= 4 is 11.5 Å². The Labute approximate surface area is 77.7 Å². The molecule has 5 heteroatoms. The first kappa shape index (κ1) is 9.85. The summed E-state index contributed by atoms with van der Waals surface area (Å²) in [4.78, 5) is 0. The maximum Gasteiger partial charge on any atom is 0.145 e. The molecule has 0 bridgehead atoms. The van der Waals surface area contributed by atoms with Crippen molar-refractivity contribution in [2.45, 2.75) is 13.5 Å². The molecule has 1 atom stereocenters. The van der Waals surface area contributed by atoms with Crippen LogP contribution in [0.2, 0.25) is 0 Å². The highest BCUT2D eigenvalue weighted by molar-refractivity contribution is 5.56. The van der Waals surface area contributed by atoms with Crippen molar-refractivity contribution in [1.29, 1.82) is 0 Å². The molecule has 0 aliphatic rings. The Bertz CT molecular complexity index is 271. The molecule has 13 heavy (non-hydrogen) atoms. The summed E-state index contributed by atoms with van der Waals surface area (Å²) in [5.74, 6) is 0.912. The van der Waals surface area contributed by atoms with Crippen LogP contribution in [0.25, 0.3) is 0 Å². The van der Waals surface area contributed by atoms with E-state index in [1.807, 2.05) is 0 Å². The Hall–Kier alpha value is -1.23. The van der Waals surface area contributed by atoms with Crippen LogP contribution in [0.5, 0.6) is 0 Å². The summed E-state index contributed by atoms with van der Waals surface area (Å²) in [6.07, 6.45) is 1.56. The molecular weight excluding hydrogens is 168 g/mol. The van der Waals surface area contributed by atoms with Crippen LogP contribution < -0.4 is 11.5 Å². The minimum absolute atomic E-state index is 0.381. The highest BCUT2D eigenvalue weighted by atomic mass is 16.5. The highest BCUT2D eigenvalue weighted by Gasteiger charge is 2.07. The van der Waals surface area contributed by atoms with Crippen molar-refractivity contribution in [3.8, 4) is 0 Å². The van der Waals surface area contributed by atoms with Gasteiger partial charge in [0, 0.05) is 13.7 Å². The first-order chi connectivity index (χ1) is 6.15. The Morgan fingerprint density at radius 2 is 2.31 bits per heavy atom. The molecule has 0 amide bonds. The van der Waals surface area contributed by atoms with E-state index in [9.17, 15) is 0 Å². The topological polar surface area (TPSA) is 79.1 Å². The molecule has 0 spiro atoms. The van der Waals surface area contributed by atoms with Crippen molar-refractivity contribution < 1.29 is 4.74 Å². The first-order valence-corrected chi connectivity index (χ1v) is 4.20. The van der Waals surface area contributed by atoms with Crippen molar-refractivity contribution in [2.24, 2.45) is 5.92 Å². The van der Waals surface area contributed by atoms with Crippen LogP contribution in [0.1, 0.15) is 6.92 Å². The number of nitrogens with zero attached hydrogens (tertiary/aromatic N) is 2. The second kappa shape index (κ2) is 4.13. The lowest BCUT2D eigenvalue weighted by Crippen LogP contribution is -2.15. The third kappa shape index (κ3) is 2.35. The molecule has 1 rings (SSSR count). The summed E-state index contributed by atoms with van der Waals surface area (Å²) in [6.45, 7) is 3.50. The van der Waals surface area contributed by atoms with Gasteiger partial charge >= 0.3 is 0 Å². The van der Waals surface area contributed by atoms with E-state index in [4.69, 9.17) is 16.2 Å². The molecule has 0 aromatic carbocycles. The van der Waals surface area contributed by atoms with Crippen LogP contribution in [0.15, 0.2) is 6.20 Å². The third-order valence-corrected chi connectivity index (χ3v) is 1.85. The summed E-state index contributed by atoms with van der Waals surface area (Å²) in [5, 5.41) is 4.05. The molecule has 74 valence electrons. The predicted octanol–water partition coefficient (Wildman–Crippen LogP) is 0.330. The molecular formula is C8H16N4O. The lowest BCUT2D eigenvalue weighted by atomic mass is 10.2. The number of ether oxygens (including phenoxy) is 1. The van der Waals surface area contributed by atoms with Gasteiger partial charge in [-0.1, -0.05) is 6.92 Å². The number of hydrogen-bond donors (Lipinski definition) is 2. The lowest BCUT2D eigenvalue weighted by molar-refractivity contribution is 0.150. The van der Waals surface area contributed by atoms with Gasteiger partial charge in [0.05, 0.1) is 18.5 Å². The average molecular weight is 184 g/mol. The maximum absolute atomic E-state index is 5.68. The van der Waals surface area contributed by atoms with E-state index in [0.717, 1.165) is 6.54 Å². The van der Waals surface area contributed by atoms with E-state index >= 15 is 0 Å². The van der Waals surface area contributed by atoms with Gasteiger partial charge < -0.3 is 16.2 Å². The Balaban J connectivity index is 2.58. The molecule has 0 aliphatic heterocycles. The molecule has 4 N–H and O–H groups in total. The Morgan fingerprint density at radius 3 is 2.77 bits per heavy atom. The standard InChI is InChI=1S/C8H16N4O/c1-6(5-13-2)4-12-8(10)7(9)3-11-12/h3,6H,4-5,9-10H2,1-2H3. The molecule has 1 aromatic rings. The van der Waals surface area contributed by atoms with Gasteiger partial charge in [0.25, 0.3) is 0 Å². The van der Waals surface area contributed by atoms with E-state index in [0.29, 0.717) is 24.0 Å². The van der Waals surface area contributed by atoms with Gasteiger partial charge in [-0.3, -0.25) is 0 Å². The van der Waals surface area contributed by atoms with Gasteiger partial charge in [-0.15, -0.1) is 0 Å². The number of nitrogen functional groups attached to an aromatic ring is 2. The second-order valence-corrected chi connectivity index (χ2v) is 3.23. The predicted molar refractivity (Wildman–Crippen MR) is 52.1 cm³/mol. The summed E-state index contributed by atoms with van der Waals surface area (Å²) in [7, 11) is 1.68. The Morgan fingerprint density at radius 1 is 1.62 bits per heavy atom. The van der Waals surface area contributed by atoms with Gasteiger partial charge in [-0.05, 0) is 5.92 Å². The summed E-state index contributed by atoms with van der Waals surface area (Å²) in [5.41, 5.74) is 11.8. The molecule has 0 aliphatic carbocycles. The second-order valence-electron chi connectivity index (χ2n) is 3.23. The van der Waals surface area contributed by atoms with Gasteiger partial charge in [0.15, 0.2) is 0 Å². The number of methoxy groups -OCH3 is 1. The van der Waals surface area contributed by atoms with Gasteiger partial charge in [-0.2, -0.15) is 5.10 Å². The minimum atomic E-state index is 0.381. The van der Waals surface area contributed by atoms with Crippen molar-refractivity contribution in [3.05, 3.63) is 6.20 Å². The number of rotatable bonds is 4. The quantitative estimate of drug-likeness (QED) is 0.706. The average Bonchev–Trinajstić information content (AvgIpc) is 2.37. The number of anilines is 2. The molecule has 5 nitrogen and oxygen atoms in total. The summed E-state index contributed by atoms with van der Waals surface area (Å²) < 4.78 is 6.70. The zero-order valence-electron chi connectivity index (χ0n) is 8.03. The van der Waals surface area contributed by atoms with Crippen LogP contribution >= 0.6 is 0 Å². The minimum Gasteiger partial charge on any atom is -0.394 e. The van der Waals surface area contributed by atoms with E-state index in [-0.39, 0.29) is 0 Å². The molecule has 0 saturated heterocycles. The van der Waals surface area contributed by atoms with Crippen LogP contribution in [-0.4, -0.2) is 23.5 Å². The zero-order chi connectivity index (χ0) is 9.84. The third-order valence-electron chi connectivity index (χ3n) is 1.85. The first-order valence-electron chi connectivity index (χ1n) is 4.20. The molecule has 0 radical (unpaired) electrons. The Kier molecular flexibility index (Phi) is 3.13. The fourth-order valence-electron chi connectivity index (χ4n) is 1.19. The van der Waals surface area contributed by atoms with Crippen LogP contribution in [0.3, 0.4) is 0 Å². The smallest absolute Gasteiger partial charge is 0.145 e. The van der Waals surface area contributed by atoms with E-state index in [1.165, 1.54) is 0 Å². The van der Waals surface area contributed by atoms with Gasteiger partial charge in [0.2, 0.25) is 0 Å². The van der Waals surface area contributed by atoms with Crippen molar-refractivity contribution in [1.82, 2.24) is 9.78 Å². The fourth-order valence-corrected chi connectivity index (χ4v) is 1.19. The summed E-state index contributed by atoms with van der Waals surface area (Å²) in [6, 6.07) is 0. The molecule has 0 saturated carbocycles. The number of aromatic nitrogens is 2. The van der Waals surface area contributed by atoms with Crippen molar-refractivity contribution in [3.63, 3.8) is 0 Å². The van der Waals surface area contributed by atoms with E-state index in [1.54, 1.807) is 18.0 Å². The maximum atomic E-state index is 5.68. The SMILES string of the molecule is COCC(C)Cn1ncc(N)c1N.